The molecule has 0 radical (unpaired) electrons. The second-order valence-electron chi connectivity index (χ2n) is 5.06. The second kappa shape index (κ2) is 9.64. The highest BCUT2D eigenvalue weighted by Gasteiger charge is 2.13. The molecular weight excluding hydrogens is 341 g/mol. The highest BCUT2D eigenvalue weighted by atomic mass is 32.2. The largest absolute Gasteiger partial charge is 0.460 e. The number of amides is 1. The number of nitrogens with one attached hydrogen (secondary N) is 1. The Kier molecular flexibility index (Phi) is 7.22. The lowest BCUT2D eigenvalue weighted by atomic mass is 10.2. The summed E-state index contributed by atoms with van der Waals surface area (Å²) in [5, 5.41) is 2.48. The van der Waals surface area contributed by atoms with Gasteiger partial charge in [-0.25, -0.2) is 9.18 Å². The van der Waals surface area contributed by atoms with Gasteiger partial charge in [0.05, 0.1) is 0 Å². The Labute approximate surface area is 150 Å². The first kappa shape index (κ1) is 18.7. The van der Waals surface area contributed by atoms with Crippen molar-refractivity contribution in [2.75, 3.05) is 12.4 Å². The van der Waals surface area contributed by atoms with Gasteiger partial charge in [-0.2, -0.15) is 0 Å². The van der Waals surface area contributed by atoms with Crippen molar-refractivity contribution >= 4 is 29.7 Å². The molecule has 0 aliphatic carbocycles. The number of halogens is 1. The molecule has 1 amide bonds. The van der Waals surface area contributed by atoms with Crippen LogP contribution in [0.5, 0.6) is 0 Å². The molecule has 2 aromatic carbocycles. The minimum Gasteiger partial charge on any atom is -0.460 e. The summed E-state index contributed by atoms with van der Waals surface area (Å²) >= 11 is 1.26. The fourth-order valence-electron chi connectivity index (χ4n) is 1.98. The molecule has 0 saturated carbocycles. The van der Waals surface area contributed by atoms with Crippen LogP contribution < -0.4 is 5.32 Å². The number of carbonyl (C=O) groups excluding carboxylic acids is 2. The van der Waals surface area contributed by atoms with Crippen LogP contribution in [0.15, 0.2) is 65.2 Å². The van der Waals surface area contributed by atoms with Crippen molar-refractivity contribution in [2.45, 2.75) is 11.8 Å². The van der Waals surface area contributed by atoms with E-state index in [1.807, 2.05) is 30.3 Å². The van der Waals surface area contributed by atoms with E-state index < -0.39 is 5.97 Å². The molecule has 4 nitrogen and oxygen atoms in total. The van der Waals surface area contributed by atoms with Crippen molar-refractivity contribution in [2.24, 2.45) is 0 Å². The lowest BCUT2D eigenvalue weighted by Gasteiger charge is -2.09. The van der Waals surface area contributed by atoms with Crippen molar-refractivity contribution in [3.05, 3.63) is 71.7 Å². The summed E-state index contributed by atoms with van der Waals surface area (Å²) in [5.41, 5.74) is 0.832. The Hall–Kier alpha value is -2.60. The van der Waals surface area contributed by atoms with Crippen LogP contribution in [-0.4, -0.2) is 24.2 Å². The molecule has 2 rings (SSSR count). The fourth-order valence-corrected chi connectivity index (χ4v) is 2.74. The number of benzene rings is 2. The summed E-state index contributed by atoms with van der Waals surface area (Å²) < 4.78 is 18.7. The second-order valence-corrected chi connectivity index (χ2v) is 6.20. The zero-order valence-corrected chi connectivity index (χ0v) is 14.5. The van der Waals surface area contributed by atoms with Crippen molar-refractivity contribution in [3.8, 4) is 0 Å². The van der Waals surface area contributed by atoms with Gasteiger partial charge in [0.1, 0.15) is 18.1 Å². The summed E-state index contributed by atoms with van der Waals surface area (Å²) in [6.45, 7) is 1.42. The predicted octanol–water partition coefficient (Wildman–Crippen LogP) is 3.64. The van der Waals surface area contributed by atoms with Gasteiger partial charge in [0.2, 0.25) is 5.91 Å². The van der Waals surface area contributed by atoms with Crippen molar-refractivity contribution in [1.82, 2.24) is 5.32 Å². The van der Waals surface area contributed by atoms with Gasteiger partial charge in [-0.05, 0) is 23.8 Å². The van der Waals surface area contributed by atoms with Crippen LogP contribution >= 0.6 is 11.8 Å². The molecule has 0 heterocycles. The van der Waals surface area contributed by atoms with Crippen molar-refractivity contribution in [3.63, 3.8) is 0 Å². The van der Waals surface area contributed by atoms with Crippen LogP contribution in [-0.2, 0) is 14.3 Å². The van der Waals surface area contributed by atoms with Crippen LogP contribution in [0.2, 0.25) is 0 Å². The maximum Gasteiger partial charge on any atom is 0.354 e. The van der Waals surface area contributed by atoms with E-state index in [1.54, 1.807) is 24.3 Å². The summed E-state index contributed by atoms with van der Waals surface area (Å²) in [5.74, 6) is -0.888. The van der Waals surface area contributed by atoms with E-state index in [2.05, 4.69) is 5.32 Å². The number of carbonyl (C=O) groups is 2. The average Bonchev–Trinajstić information content (AvgIpc) is 2.60. The van der Waals surface area contributed by atoms with Crippen LogP contribution in [0.4, 0.5) is 4.39 Å². The Morgan fingerprint density at radius 1 is 1.12 bits per heavy atom. The predicted molar refractivity (Wildman–Crippen MR) is 96.3 cm³/mol. The molecule has 130 valence electrons. The Morgan fingerprint density at radius 2 is 1.80 bits per heavy atom. The first-order chi connectivity index (χ1) is 12.1. The summed E-state index contributed by atoms with van der Waals surface area (Å²) in [6, 6.07) is 15.5. The van der Waals surface area contributed by atoms with E-state index in [-0.39, 0.29) is 24.0 Å². The van der Waals surface area contributed by atoms with E-state index in [0.29, 0.717) is 10.6 Å². The SMILES string of the molecule is CC(=O)N/C(=C\c1ccccc1)C(=O)OCCSc1ccccc1F. The zero-order valence-electron chi connectivity index (χ0n) is 13.7. The third-order valence-electron chi connectivity index (χ3n) is 3.05. The topological polar surface area (TPSA) is 55.4 Å². The van der Waals surface area contributed by atoms with Crippen molar-refractivity contribution < 1.29 is 18.7 Å². The molecule has 0 unspecified atom stereocenters. The maximum atomic E-state index is 13.5. The molecule has 25 heavy (non-hydrogen) atoms. The molecular formula is C19H18FNO3S. The molecule has 0 spiro atoms. The number of hydrogen-bond acceptors (Lipinski definition) is 4. The third kappa shape index (κ3) is 6.43. The standard InChI is InChI=1S/C19H18FNO3S/c1-14(22)21-17(13-15-7-3-2-4-8-15)19(23)24-11-12-25-18-10-6-5-9-16(18)20/h2-10,13H,11-12H2,1H3,(H,21,22)/b17-13-. The summed E-state index contributed by atoms with van der Waals surface area (Å²) in [6.07, 6.45) is 1.55. The fraction of sp³-hybridized carbons (Fsp3) is 0.158. The van der Waals surface area contributed by atoms with Crippen LogP contribution in [0.1, 0.15) is 12.5 Å². The van der Waals surface area contributed by atoms with Crippen molar-refractivity contribution in [1.29, 1.82) is 0 Å². The monoisotopic (exact) mass is 359 g/mol. The molecule has 0 fully saturated rings. The Morgan fingerprint density at radius 3 is 2.48 bits per heavy atom. The quantitative estimate of drug-likeness (QED) is 0.355. The Bertz CT molecular complexity index is 762. The summed E-state index contributed by atoms with van der Waals surface area (Å²) in [4.78, 5) is 24.0. The summed E-state index contributed by atoms with van der Waals surface area (Å²) in [7, 11) is 0. The van der Waals surface area contributed by atoms with Crippen LogP contribution in [0.3, 0.4) is 0 Å². The molecule has 6 heteroatoms. The van der Waals surface area contributed by atoms with Gasteiger partial charge < -0.3 is 10.1 Å². The smallest absolute Gasteiger partial charge is 0.354 e. The average molecular weight is 359 g/mol. The highest BCUT2D eigenvalue weighted by Crippen LogP contribution is 2.20. The van der Waals surface area contributed by atoms with Gasteiger partial charge in [0.25, 0.3) is 0 Å². The molecule has 0 aliphatic heterocycles. The maximum absolute atomic E-state index is 13.5. The first-order valence-corrected chi connectivity index (χ1v) is 8.63. The molecule has 0 bridgehead atoms. The van der Waals surface area contributed by atoms with Gasteiger partial charge in [-0.3, -0.25) is 4.79 Å². The van der Waals surface area contributed by atoms with Crippen LogP contribution in [0, 0.1) is 5.82 Å². The lowest BCUT2D eigenvalue weighted by Crippen LogP contribution is -2.26. The molecule has 0 atom stereocenters. The lowest BCUT2D eigenvalue weighted by molar-refractivity contribution is -0.139. The van der Waals surface area contributed by atoms with E-state index in [4.69, 9.17) is 4.74 Å². The van der Waals surface area contributed by atoms with E-state index in [1.165, 1.54) is 24.8 Å². The van der Waals surface area contributed by atoms with Gasteiger partial charge in [0.15, 0.2) is 0 Å². The van der Waals surface area contributed by atoms with E-state index in [9.17, 15) is 14.0 Å². The minimum absolute atomic E-state index is 0.0644. The number of esters is 1. The van der Waals surface area contributed by atoms with Gasteiger partial charge >= 0.3 is 5.97 Å². The van der Waals surface area contributed by atoms with Gasteiger partial charge in [0, 0.05) is 17.6 Å². The van der Waals surface area contributed by atoms with E-state index in [0.717, 1.165) is 5.56 Å². The Balaban J connectivity index is 1.92. The first-order valence-electron chi connectivity index (χ1n) is 7.65. The molecule has 2 aromatic rings. The number of thioether (sulfide) groups is 1. The van der Waals surface area contributed by atoms with Crippen LogP contribution in [0.25, 0.3) is 6.08 Å². The molecule has 1 N–H and O–H groups in total. The third-order valence-corrected chi connectivity index (χ3v) is 4.06. The minimum atomic E-state index is -0.631. The number of ether oxygens (including phenoxy) is 1. The molecule has 0 saturated heterocycles. The molecule has 0 aromatic heterocycles. The highest BCUT2D eigenvalue weighted by molar-refractivity contribution is 7.99. The number of rotatable bonds is 7. The molecule has 0 aliphatic rings. The van der Waals surface area contributed by atoms with Gasteiger partial charge in [-0.1, -0.05) is 42.5 Å². The van der Waals surface area contributed by atoms with Gasteiger partial charge in [-0.15, -0.1) is 11.8 Å². The van der Waals surface area contributed by atoms with E-state index >= 15 is 0 Å². The number of hydrogen-bond donors (Lipinski definition) is 1. The zero-order chi connectivity index (χ0) is 18.1. The normalized spacial score (nSPS) is 11.0.